The summed E-state index contributed by atoms with van der Waals surface area (Å²) < 4.78 is 6.47. The van der Waals surface area contributed by atoms with Gasteiger partial charge in [0.25, 0.3) is 11.1 Å². The molecule has 0 radical (unpaired) electrons. The quantitative estimate of drug-likeness (QED) is 0.544. The summed E-state index contributed by atoms with van der Waals surface area (Å²) in [6, 6.07) is 13.7. The molecule has 8 nitrogen and oxygen atoms in total. The zero-order valence-electron chi connectivity index (χ0n) is 15.6. The fourth-order valence-corrected chi connectivity index (χ4v) is 3.25. The normalized spacial score (nSPS) is 10.9. The zero-order valence-corrected chi connectivity index (χ0v) is 15.6. The first-order valence-electron chi connectivity index (χ1n) is 9.02. The van der Waals surface area contributed by atoms with Gasteiger partial charge >= 0.3 is 0 Å². The van der Waals surface area contributed by atoms with Crippen LogP contribution in [0, 0.1) is 0 Å². The number of aromatic nitrogens is 3. The van der Waals surface area contributed by atoms with Crippen molar-refractivity contribution in [3.8, 4) is 5.75 Å². The molecule has 2 aromatic carbocycles. The number of nitrogens with one attached hydrogen (secondary N) is 2. The Morgan fingerprint density at radius 1 is 1.07 bits per heavy atom. The van der Waals surface area contributed by atoms with Crippen molar-refractivity contribution in [2.24, 2.45) is 0 Å². The molecule has 8 heteroatoms. The van der Waals surface area contributed by atoms with Crippen LogP contribution < -0.4 is 21.2 Å². The van der Waals surface area contributed by atoms with Gasteiger partial charge in [0.1, 0.15) is 11.3 Å². The third-order valence-corrected chi connectivity index (χ3v) is 4.67. The third kappa shape index (κ3) is 3.47. The Balaban J connectivity index is 1.56. The van der Waals surface area contributed by atoms with E-state index in [-0.39, 0.29) is 30.0 Å². The van der Waals surface area contributed by atoms with E-state index in [1.165, 1.54) is 0 Å². The van der Waals surface area contributed by atoms with Gasteiger partial charge < -0.3 is 10.1 Å². The Bertz CT molecular complexity index is 1340. The second kappa shape index (κ2) is 7.59. The smallest absolute Gasteiger partial charge is 0.273 e. The van der Waals surface area contributed by atoms with E-state index in [2.05, 4.69) is 15.4 Å². The molecular weight excluding hydrogens is 372 g/mol. The number of methoxy groups -OCH3 is 1. The van der Waals surface area contributed by atoms with Crippen LogP contribution in [0.1, 0.15) is 6.42 Å². The van der Waals surface area contributed by atoms with Crippen molar-refractivity contribution < 1.29 is 9.53 Å². The molecule has 0 saturated heterocycles. The Labute approximate surface area is 164 Å². The standard InChI is InChI=1S/C21H18N4O4/c1-29-17-9-8-16(15-7-4-11-22-19(15)17)23-18(26)10-12-25-21(28)14-6-3-2-5-13(14)20(27)24-25/h2-9,11H,10,12H2,1H3,(H,23,26)(H,24,27). The number of benzene rings is 2. The summed E-state index contributed by atoms with van der Waals surface area (Å²) in [4.78, 5) is 41.5. The second-order valence-corrected chi connectivity index (χ2v) is 6.46. The molecule has 2 aromatic heterocycles. The minimum Gasteiger partial charge on any atom is -0.494 e. The fraction of sp³-hybridized carbons (Fsp3) is 0.143. The number of carbonyl (C=O) groups excluding carboxylic acids is 1. The first kappa shape index (κ1) is 18.4. The van der Waals surface area contributed by atoms with E-state index < -0.39 is 0 Å². The van der Waals surface area contributed by atoms with Gasteiger partial charge in [0.05, 0.1) is 30.1 Å². The van der Waals surface area contributed by atoms with Gasteiger partial charge in [-0.2, -0.15) is 0 Å². The van der Waals surface area contributed by atoms with Crippen LogP contribution in [0.4, 0.5) is 5.69 Å². The monoisotopic (exact) mass is 390 g/mol. The molecule has 0 spiro atoms. The molecule has 146 valence electrons. The molecular formula is C21H18N4O4. The second-order valence-electron chi connectivity index (χ2n) is 6.46. The van der Waals surface area contributed by atoms with Crippen molar-refractivity contribution in [3.63, 3.8) is 0 Å². The molecule has 4 aromatic rings. The largest absolute Gasteiger partial charge is 0.494 e. The minimum atomic E-state index is -0.368. The number of fused-ring (bicyclic) bond motifs is 2. The molecule has 0 aliphatic rings. The number of carbonyl (C=O) groups is 1. The first-order valence-corrected chi connectivity index (χ1v) is 9.02. The number of aryl methyl sites for hydroxylation is 1. The zero-order chi connectivity index (χ0) is 20.4. The molecule has 0 bridgehead atoms. The average molecular weight is 390 g/mol. The molecule has 0 fully saturated rings. The van der Waals surface area contributed by atoms with E-state index in [1.54, 1.807) is 55.8 Å². The van der Waals surface area contributed by atoms with Crippen molar-refractivity contribution in [1.29, 1.82) is 0 Å². The van der Waals surface area contributed by atoms with E-state index >= 15 is 0 Å². The maximum atomic E-state index is 12.5. The number of hydrogen-bond donors (Lipinski definition) is 2. The predicted molar refractivity (Wildman–Crippen MR) is 110 cm³/mol. The lowest BCUT2D eigenvalue weighted by atomic mass is 10.1. The highest BCUT2D eigenvalue weighted by Gasteiger charge is 2.12. The Morgan fingerprint density at radius 3 is 2.62 bits per heavy atom. The van der Waals surface area contributed by atoms with Crippen LogP contribution in [0.2, 0.25) is 0 Å². The highest BCUT2D eigenvalue weighted by atomic mass is 16.5. The molecule has 0 atom stereocenters. The van der Waals surface area contributed by atoms with Crippen molar-refractivity contribution in [2.45, 2.75) is 13.0 Å². The Hall–Kier alpha value is -3.94. The van der Waals surface area contributed by atoms with Crippen LogP contribution >= 0.6 is 0 Å². The van der Waals surface area contributed by atoms with Gasteiger partial charge in [0.2, 0.25) is 5.91 Å². The van der Waals surface area contributed by atoms with Gasteiger partial charge in [-0.05, 0) is 36.4 Å². The molecule has 0 unspecified atom stereocenters. The van der Waals surface area contributed by atoms with Crippen LogP contribution in [-0.2, 0) is 11.3 Å². The highest BCUT2D eigenvalue weighted by molar-refractivity contribution is 6.02. The van der Waals surface area contributed by atoms with Crippen LogP contribution in [0.5, 0.6) is 5.75 Å². The number of pyridine rings is 1. The summed E-state index contributed by atoms with van der Waals surface area (Å²) in [5, 5.41) is 6.76. The fourth-order valence-electron chi connectivity index (χ4n) is 3.25. The molecule has 29 heavy (non-hydrogen) atoms. The average Bonchev–Trinajstić information content (AvgIpc) is 2.75. The van der Waals surface area contributed by atoms with Crippen LogP contribution in [0.15, 0.2) is 64.3 Å². The number of hydrogen-bond acceptors (Lipinski definition) is 5. The van der Waals surface area contributed by atoms with Gasteiger partial charge in [-0.15, -0.1) is 0 Å². The Kier molecular flexibility index (Phi) is 4.82. The van der Waals surface area contributed by atoms with Gasteiger partial charge in [-0.1, -0.05) is 12.1 Å². The van der Waals surface area contributed by atoms with E-state index in [1.807, 2.05) is 6.07 Å². The number of rotatable bonds is 5. The van der Waals surface area contributed by atoms with Gasteiger partial charge in [0.15, 0.2) is 0 Å². The Morgan fingerprint density at radius 2 is 1.83 bits per heavy atom. The summed E-state index contributed by atoms with van der Waals surface area (Å²) in [5.74, 6) is 0.320. The third-order valence-electron chi connectivity index (χ3n) is 4.67. The number of amides is 1. The molecule has 2 N–H and O–H groups in total. The highest BCUT2D eigenvalue weighted by Crippen LogP contribution is 2.29. The minimum absolute atomic E-state index is 0.0158. The first-order chi connectivity index (χ1) is 14.1. The topological polar surface area (TPSA) is 106 Å². The maximum absolute atomic E-state index is 12.5. The number of anilines is 1. The van der Waals surface area contributed by atoms with Gasteiger partial charge in [-0.25, -0.2) is 4.68 Å². The summed E-state index contributed by atoms with van der Waals surface area (Å²) in [5.41, 5.74) is 0.529. The molecule has 0 aliphatic carbocycles. The van der Waals surface area contributed by atoms with E-state index in [0.29, 0.717) is 27.7 Å². The molecule has 1 amide bonds. The lowest BCUT2D eigenvalue weighted by Gasteiger charge is -2.11. The lowest BCUT2D eigenvalue weighted by Crippen LogP contribution is -2.31. The summed E-state index contributed by atoms with van der Waals surface area (Å²) in [6.45, 7) is 0.0527. The summed E-state index contributed by atoms with van der Waals surface area (Å²) in [7, 11) is 1.56. The number of ether oxygens (including phenoxy) is 1. The van der Waals surface area contributed by atoms with E-state index in [4.69, 9.17) is 4.74 Å². The van der Waals surface area contributed by atoms with E-state index in [0.717, 1.165) is 10.1 Å². The van der Waals surface area contributed by atoms with Crippen LogP contribution in [-0.4, -0.2) is 27.8 Å². The van der Waals surface area contributed by atoms with Gasteiger partial charge in [-0.3, -0.25) is 24.5 Å². The summed E-state index contributed by atoms with van der Waals surface area (Å²) in [6.07, 6.45) is 1.67. The van der Waals surface area contributed by atoms with Crippen LogP contribution in [0.3, 0.4) is 0 Å². The van der Waals surface area contributed by atoms with Gasteiger partial charge in [0, 0.05) is 18.0 Å². The number of nitrogens with zero attached hydrogens (tertiary/aromatic N) is 2. The number of H-pyrrole nitrogens is 1. The molecule has 2 heterocycles. The van der Waals surface area contributed by atoms with Crippen molar-refractivity contribution >= 4 is 33.3 Å². The lowest BCUT2D eigenvalue weighted by molar-refractivity contribution is -0.116. The molecule has 4 rings (SSSR count). The summed E-state index contributed by atoms with van der Waals surface area (Å²) >= 11 is 0. The van der Waals surface area contributed by atoms with Crippen molar-refractivity contribution in [2.75, 3.05) is 12.4 Å². The molecule has 0 aliphatic heterocycles. The van der Waals surface area contributed by atoms with Crippen molar-refractivity contribution in [3.05, 3.63) is 75.4 Å². The van der Waals surface area contributed by atoms with Crippen molar-refractivity contribution in [1.82, 2.24) is 14.8 Å². The van der Waals surface area contributed by atoms with Crippen LogP contribution in [0.25, 0.3) is 21.7 Å². The van der Waals surface area contributed by atoms with E-state index in [9.17, 15) is 14.4 Å². The maximum Gasteiger partial charge on any atom is 0.273 e. The molecule has 0 saturated carbocycles. The number of aromatic amines is 1. The SMILES string of the molecule is COc1ccc(NC(=O)CCn2[nH]c(=O)c3ccccc3c2=O)c2cccnc12. The predicted octanol–water partition coefficient (Wildman–Crippen LogP) is 2.28.